The van der Waals surface area contributed by atoms with Crippen LogP contribution in [0.1, 0.15) is 0 Å². The second-order valence-corrected chi connectivity index (χ2v) is 9.87. The molecule has 1 heterocycles. The van der Waals surface area contributed by atoms with Crippen LogP contribution in [-0.4, -0.2) is 9.97 Å². The largest absolute Gasteiger partial charge is 0.228 e. The lowest BCUT2D eigenvalue weighted by atomic mass is 10.0. The molecule has 5 aromatic carbocycles. The van der Waals surface area contributed by atoms with Crippen LogP contribution in [0.2, 0.25) is 10.0 Å². The molecular formula is C34H22Cl2N2. The van der Waals surface area contributed by atoms with E-state index in [1.807, 2.05) is 78.9 Å². The molecule has 6 rings (SSSR count). The first-order valence-corrected chi connectivity index (χ1v) is 13.1. The van der Waals surface area contributed by atoms with Gasteiger partial charge in [-0.2, -0.15) is 0 Å². The van der Waals surface area contributed by atoms with E-state index in [9.17, 15) is 0 Å². The van der Waals surface area contributed by atoms with Crippen LogP contribution >= 0.6 is 23.2 Å². The van der Waals surface area contributed by atoms with Gasteiger partial charge in [0.25, 0.3) is 0 Å². The van der Waals surface area contributed by atoms with Crippen LogP contribution in [0, 0.1) is 0 Å². The summed E-state index contributed by atoms with van der Waals surface area (Å²) in [5, 5.41) is 1.46. The Hall–Kier alpha value is -4.24. The molecule has 0 saturated carbocycles. The first-order valence-electron chi connectivity index (χ1n) is 12.3. The van der Waals surface area contributed by atoms with Gasteiger partial charge in [0.1, 0.15) is 0 Å². The number of aromatic nitrogens is 2. The molecule has 4 heteroatoms. The third-order valence-corrected chi connectivity index (χ3v) is 6.98. The van der Waals surface area contributed by atoms with Crippen molar-refractivity contribution in [1.29, 1.82) is 0 Å². The average molecular weight is 529 g/mol. The maximum atomic E-state index is 6.06. The SMILES string of the molecule is Clc1ccc(-c2ccc(-c3cc(-c4ccc(-c5ccc(Cl)cc5)cc4)nc(-c4ccccc4)n3)cc2)cc1. The minimum Gasteiger partial charge on any atom is -0.228 e. The van der Waals surface area contributed by atoms with Gasteiger partial charge in [0.15, 0.2) is 5.82 Å². The van der Waals surface area contributed by atoms with E-state index in [4.69, 9.17) is 33.2 Å². The number of halogens is 2. The van der Waals surface area contributed by atoms with Crippen LogP contribution in [0.3, 0.4) is 0 Å². The third-order valence-electron chi connectivity index (χ3n) is 6.47. The molecular weight excluding hydrogens is 507 g/mol. The zero-order valence-electron chi connectivity index (χ0n) is 20.4. The average Bonchev–Trinajstić information content (AvgIpc) is 2.98. The van der Waals surface area contributed by atoms with E-state index in [0.29, 0.717) is 5.82 Å². The Labute approximate surface area is 232 Å². The highest BCUT2D eigenvalue weighted by Crippen LogP contribution is 2.31. The number of rotatable bonds is 5. The summed E-state index contributed by atoms with van der Waals surface area (Å²) >= 11 is 12.1. The predicted molar refractivity (Wildman–Crippen MR) is 159 cm³/mol. The van der Waals surface area contributed by atoms with E-state index >= 15 is 0 Å². The van der Waals surface area contributed by atoms with Crippen LogP contribution in [0.15, 0.2) is 133 Å². The van der Waals surface area contributed by atoms with E-state index < -0.39 is 0 Å². The Morgan fingerprint density at radius 1 is 0.342 bits per heavy atom. The number of nitrogens with zero attached hydrogens (tertiary/aromatic N) is 2. The highest BCUT2D eigenvalue weighted by Gasteiger charge is 2.11. The number of hydrogen-bond acceptors (Lipinski definition) is 2. The van der Waals surface area contributed by atoms with Crippen molar-refractivity contribution in [2.24, 2.45) is 0 Å². The Bertz CT molecular complexity index is 1570. The van der Waals surface area contributed by atoms with Crippen molar-refractivity contribution in [1.82, 2.24) is 9.97 Å². The van der Waals surface area contributed by atoms with Crippen molar-refractivity contribution in [2.45, 2.75) is 0 Å². The third kappa shape index (κ3) is 5.24. The van der Waals surface area contributed by atoms with Crippen molar-refractivity contribution in [3.63, 3.8) is 0 Å². The van der Waals surface area contributed by atoms with Crippen LogP contribution in [0.5, 0.6) is 0 Å². The van der Waals surface area contributed by atoms with Crippen molar-refractivity contribution in [2.75, 3.05) is 0 Å². The molecule has 1 aromatic heterocycles. The Morgan fingerprint density at radius 3 is 1.08 bits per heavy atom. The second-order valence-electron chi connectivity index (χ2n) is 9.00. The highest BCUT2D eigenvalue weighted by molar-refractivity contribution is 6.30. The van der Waals surface area contributed by atoms with Gasteiger partial charge in [-0.05, 0) is 52.6 Å². The molecule has 2 nitrogen and oxygen atoms in total. The van der Waals surface area contributed by atoms with Gasteiger partial charge in [-0.15, -0.1) is 0 Å². The molecule has 0 amide bonds. The van der Waals surface area contributed by atoms with E-state index in [-0.39, 0.29) is 0 Å². The van der Waals surface area contributed by atoms with Gasteiger partial charge in [-0.25, -0.2) is 9.97 Å². The topological polar surface area (TPSA) is 25.8 Å². The molecule has 0 unspecified atom stereocenters. The van der Waals surface area contributed by atoms with Crippen LogP contribution < -0.4 is 0 Å². The maximum Gasteiger partial charge on any atom is 0.160 e. The monoisotopic (exact) mass is 528 g/mol. The molecule has 0 saturated heterocycles. The Balaban J connectivity index is 1.39. The molecule has 0 bridgehead atoms. The van der Waals surface area contributed by atoms with Crippen LogP contribution in [0.4, 0.5) is 0 Å². The van der Waals surface area contributed by atoms with Gasteiger partial charge in [0, 0.05) is 26.7 Å². The zero-order valence-corrected chi connectivity index (χ0v) is 21.9. The molecule has 0 atom stereocenters. The highest BCUT2D eigenvalue weighted by atomic mass is 35.5. The van der Waals surface area contributed by atoms with Gasteiger partial charge >= 0.3 is 0 Å². The molecule has 0 spiro atoms. The zero-order chi connectivity index (χ0) is 25.9. The summed E-state index contributed by atoms with van der Waals surface area (Å²) in [5.41, 5.74) is 9.28. The lowest BCUT2D eigenvalue weighted by Crippen LogP contribution is -1.96. The fraction of sp³-hybridized carbons (Fsp3) is 0. The Morgan fingerprint density at radius 2 is 0.684 bits per heavy atom. The van der Waals surface area contributed by atoms with Crippen molar-refractivity contribution in [3.8, 4) is 56.2 Å². The fourth-order valence-corrected chi connectivity index (χ4v) is 4.66. The summed E-state index contributed by atoms with van der Waals surface area (Å²) in [6.07, 6.45) is 0. The molecule has 182 valence electrons. The summed E-state index contributed by atoms with van der Waals surface area (Å²) in [6.45, 7) is 0. The summed E-state index contributed by atoms with van der Waals surface area (Å²) in [4.78, 5) is 9.89. The molecule has 0 N–H and O–H groups in total. The van der Waals surface area contributed by atoms with Gasteiger partial charge in [-0.3, -0.25) is 0 Å². The van der Waals surface area contributed by atoms with E-state index in [1.165, 1.54) is 0 Å². The first kappa shape index (κ1) is 24.1. The molecule has 0 fully saturated rings. The van der Waals surface area contributed by atoms with Gasteiger partial charge in [0.05, 0.1) is 11.4 Å². The first-order chi connectivity index (χ1) is 18.6. The lowest BCUT2D eigenvalue weighted by Gasteiger charge is -2.11. The second kappa shape index (κ2) is 10.6. The van der Waals surface area contributed by atoms with Crippen molar-refractivity contribution < 1.29 is 0 Å². The minimum absolute atomic E-state index is 0.696. The molecule has 38 heavy (non-hydrogen) atoms. The normalized spacial score (nSPS) is 10.9. The minimum atomic E-state index is 0.696. The summed E-state index contributed by atoms with van der Waals surface area (Å²) in [6, 6.07) is 44.8. The standard InChI is InChI=1S/C34H22Cl2N2/c35-30-18-14-25(15-19-30)23-6-10-27(11-7-23)32-22-33(38-34(37-32)29-4-2-1-3-5-29)28-12-8-24(9-13-28)26-16-20-31(36)21-17-26/h1-22H. The van der Waals surface area contributed by atoms with Crippen molar-refractivity contribution in [3.05, 3.63) is 144 Å². The molecule has 0 aliphatic rings. The molecule has 0 aliphatic heterocycles. The summed E-state index contributed by atoms with van der Waals surface area (Å²) in [7, 11) is 0. The van der Waals surface area contributed by atoms with Crippen molar-refractivity contribution >= 4 is 23.2 Å². The van der Waals surface area contributed by atoms with Gasteiger partial charge < -0.3 is 0 Å². The summed E-state index contributed by atoms with van der Waals surface area (Å²) in [5.74, 6) is 0.696. The Kier molecular flexibility index (Phi) is 6.75. The van der Waals surface area contributed by atoms with E-state index in [2.05, 4.69) is 54.6 Å². The van der Waals surface area contributed by atoms with E-state index in [1.54, 1.807) is 0 Å². The quantitative estimate of drug-likeness (QED) is 0.222. The number of hydrogen-bond donors (Lipinski definition) is 0. The molecule has 6 aromatic rings. The number of benzene rings is 5. The smallest absolute Gasteiger partial charge is 0.160 e. The molecule has 0 aliphatic carbocycles. The van der Waals surface area contributed by atoms with E-state index in [0.717, 1.165) is 60.4 Å². The van der Waals surface area contributed by atoms with Gasteiger partial charge in [-0.1, -0.05) is 126 Å². The maximum absolute atomic E-state index is 6.06. The van der Waals surface area contributed by atoms with Gasteiger partial charge in [0.2, 0.25) is 0 Å². The van der Waals surface area contributed by atoms with Crippen LogP contribution in [-0.2, 0) is 0 Å². The predicted octanol–water partition coefficient (Wildman–Crippen LogP) is 10.1. The lowest BCUT2D eigenvalue weighted by molar-refractivity contribution is 1.18. The summed E-state index contributed by atoms with van der Waals surface area (Å²) < 4.78 is 0. The van der Waals surface area contributed by atoms with Crippen LogP contribution in [0.25, 0.3) is 56.2 Å². The fourth-order valence-electron chi connectivity index (χ4n) is 4.41. The molecule has 0 radical (unpaired) electrons.